The maximum atomic E-state index is 13.2. The summed E-state index contributed by atoms with van der Waals surface area (Å²) >= 11 is 0. The van der Waals surface area contributed by atoms with Crippen LogP contribution in [0.1, 0.15) is 24.2 Å². The van der Waals surface area contributed by atoms with Crippen molar-refractivity contribution in [2.24, 2.45) is 13.0 Å². The Bertz CT molecular complexity index is 1160. The maximum absolute atomic E-state index is 13.2. The first-order chi connectivity index (χ1) is 15.4. The number of ether oxygens (including phenoxy) is 1. The minimum Gasteiger partial charge on any atom is -0.490 e. The molecule has 0 aliphatic carbocycles. The minimum absolute atomic E-state index is 0.0682. The lowest BCUT2D eigenvalue weighted by molar-refractivity contribution is 0.0525. The van der Waals surface area contributed by atoms with Crippen molar-refractivity contribution in [1.82, 2.24) is 9.47 Å². The summed E-state index contributed by atoms with van der Waals surface area (Å²) in [5.74, 6) is 0.178. The third kappa shape index (κ3) is 4.13. The van der Waals surface area contributed by atoms with Gasteiger partial charge in [0.25, 0.3) is 5.91 Å². The van der Waals surface area contributed by atoms with Gasteiger partial charge in [-0.05, 0) is 37.3 Å². The highest BCUT2D eigenvalue weighted by Crippen LogP contribution is 2.33. The van der Waals surface area contributed by atoms with Gasteiger partial charge in [0.05, 0.1) is 36.2 Å². The molecule has 0 radical (unpaired) electrons. The van der Waals surface area contributed by atoms with Gasteiger partial charge in [0.2, 0.25) is 0 Å². The Morgan fingerprint density at radius 1 is 1.19 bits per heavy atom. The molecule has 0 saturated heterocycles. The molecule has 8 nitrogen and oxygen atoms in total. The standard InChI is InChI=1S/C24H28N4O4/c1-15-12-28(16(2)13-29)23(30)18-6-4-8-20(22(18)32-14-15)26-24(31)25-19-7-5-9-21-17(19)10-11-27(21)3/h4-11,15-16,29H,12-14H2,1-3H3,(H2,25,26,31). The number of carbonyl (C=O) groups is 2. The van der Waals surface area contributed by atoms with Gasteiger partial charge in [0.15, 0.2) is 5.75 Å². The first-order valence-electron chi connectivity index (χ1n) is 10.7. The first kappa shape index (κ1) is 21.7. The molecule has 2 aromatic carbocycles. The van der Waals surface area contributed by atoms with E-state index in [1.54, 1.807) is 23.1 Å². The number of hydrogen-bond donors (Lipinski definition) is 3. The highest BCUT2D eigenvalue weighted by Gasteiger charge is 2.29. The summed E-state index contributed by atoms with van der Waals surface area (Å²) < 4.78 is 7.96. The first-order valence-corrected chi connectivity index (χ1v) is 10.7. The molecule has 4 rings (SSSR count). The molecule has 0 spiro atoms. The lowest BCUT2D eigenvalue weighted by Gasteiger charge is -2.33. The van der Waals surface area contributed by atoms with Crippen molar-refractivity contribution in [3.63, 3.8) is 0 Å². The molecule has 3 aromatic rings. The van der Waals surface area contributed by atoms with Crippen LogP contribution in [0.5, 0.6) is 5.75 Å². The lowest BCUT2D eigenvalue weighted by atomic mass is 10.1. The average Bonchev–Trinajstić information content (AvgIpc) is 3.16. The monoisotopic (exact) mass is 436 g/mol. The lowest BCUT2D eigenvalue weighted by Crippen LogP contribution is -2.45. The van der Waals surface area contributed by atoms with Crippen molar-refractivity contribution in [2.45, 2.75) is 19.9 Å². The molecule has 3 amide bonds. The van der Waals surface area contributed by atoms with Crippen LogP contribution in [0.4, 0.5) is 16.2 Å². The number of aryl methyl sites for hydroxylation is 1. The van der Waals surface area contributed by atoms with Gasteiger partial charge in [0, 0.05) is 36.6 Å². The van der Waals surface area contributed by atoms with Crippen LogP contribution in [0.2, 0.25) is 0 Å². The van der Waals surface area contributed by atoms with Crippen molar-refractivity contribution in [3.05, 3.63) is 54.2 Å². The number of amides is 3. The van der Waals surface area contributed by atoms with Crippen LogP contribution in [0.25, 0.3) is 10.9 Å². The van der Waals surface area contributed by atoms with E-state index in [-0.39, 0.29) is 24.5 Å². The molecule has 8 heteroatoms. The second-order valence-corrected chi connectivity index (χ2v) is 8.33. The molecule has 1 aromatic heterocycles. The van der Waals surface area contributed by atoms with E-state index >= 15 is 0 Å². The number of aliphatic hydroxyl groups is 1. The second-order valence-electron chi connectivity index (χ2n) is 8.33. The molecule has 0 fully saturated rings. The van der Waals surface area contributed by atoms with Gasteiger partial charge in [-0.15, -0.1) is 0 Å². The number of fused-ring (bicyclic) bond motifs is 2. The molecule has 0 bridgehead atoms. The normalized spacial score (nSPS) is 17.2. The summed E-state index contributed by atoms with van der Waals surface area (Å²) in [6, 6.07) is 12.0. The largest absolute Gasteiger partial charge is 0.490 e. The fraction of sp³-hybridized carbons (Fsp3) is 0.333. The molecular formula is C24H28N4O4. The van der Waals surface area contributed by atoms with Crippen molar-refractivity contribution in [2.75, 3.05) is 30.4 Å². The van der Waals surface area contributed by atoms with Crippen molar-refractivity contribution >= 4 is 34.2 Å². The molecular weight excluding hydrogens is 408 g/mol. The summed E-state index contributed by atoms with van der Waals surface area (Å²) in [7, 11) is 1.95. The summed E-state index contributed by atoms with van der Waals surface area (Å²) in [5, 5.41) is 16.3. The predicted octanol–water partition coefficient (Wildman–Crippen LogP) is 3.67. The highest BCUT2D eigenvalue weighted by molar-refractivity contribution is 6.07. The van der Waals surface area contributed by atoms with Gasteiger partial charge in [-0.2, -0.15) is 0 Å². The summed E-state index contributed by atoms with van der Waals surface area (Å²) in [6.45, 7) is 4.54. The van der Waals surface area contributed by atoms with E-state index in [2.05, 4.69) is 10.6 Å². The number of hydrogen-bond acceptors (Lipinski definition) is 4. The van der Waals surface area contributed by atoms with Gasteiger partial charge < -0.3 is 29.9 Å². The molecule has 2 atom stereocenters. The number of rotatable bonds is 4. The van der Waals surface area contributed by atoms with E-state index < -0.39 is 6.03 Å². The number of urea groups is 1. The van der Waals surface area contributed by atoms with Crippen LogP contribution in [0, 0.1) is 5.92 Å². The molecule has 0 saturated carbocycles. The Labute approximate surface area is 186 Å². The van der Waals surface area contributed by atoms with E-state index in [0.717, 1.165) is 10.9 Å². The van der Waals surface area contributed by atoms with Crippen LogP contribution >= 0.6 is 0 Å². The van der Waals surface area contributed by atoms with Gasteiger partial charge in [-0.25, -0.2) is 4.79 Å². The van der Waals surface area contributed by atoms with E-state index in [4.69, 9.17) is 4.74 Å². The fourth-order valence-corrected chi connectivity index (χ4v) is 3.98. The predicted molar refractivity (Wildman–Crippen MR) is 124 cm³/mol. The minimum atomic E-state index is -0.429. The van der Waals surface area contributed by atoms with Gasteiger partial charge in [-0.1, -0.05) is 19.1 Å². The SMILES string of the molecule is CC1COc2c(NC(=O)Nc3cccc4c3ccn4C)cccc2C(=O)N(C(C)CO)C1. The summed E-state index contributed by atoms with van der Waals surface area (Å²) in [4.78, 5) is 27.7. The molecule has 1 aliphatic rings. The van der Waals surface area contributed by atoms with Gasteiger partial charge in [0.1, 0.15) is 0 Å². The zero-order valence-electron chi connectivity index (χ0n) is 18.5. The Morgan fingerprint density at radius 3 is 2.69 bits per heavy atom. The average molecular weight is 437 g/mol. The number of benzene rings is 2. The molecule has 2 heterocycles. The highest BCUT2D eigenvalue weighted by atomic mass is 16.5. The van der Waals surface area contributed by atoms with E-state index in [0.29, 0.717) is 35.8 Å². The molecule has 168 valence electrons. The summed E-state index contributed by atoms with van der Waals surface area (Å²) in [5.41, 5.74) is 2.47. The number of aromatic nitrogens is 1. The van der Waals surface area contributed by atoms with Gasteiger partial charge in [-0.3, -0.25) is 4.79 Å². The zero-order chi connectivity index (χ0) is 22.8. The van der Waals surface area contributed by atoms with Crippen molar-refractivity contribution in [3.8, 4) is 5.75 Å². The third-order valence-corrected chi connectivity index (χ3v) is 5.75. The maximum Gasteiger partial charge on any atom is 0.323 e. The van der Waals surface area contributed by atoms with Crippen molar-refractivity contribution < 1.29 is 19.4 Å². The molecule has 2 unspecified atom stereocenters. The Morgan fingerprint density at radius 2 is 1.91 bits per heavy atom. The Balaban J connectivity index is 1.61. The number of nitrogens with zero attached hydrogens (tertiary/aromatic N) is 2. The van der Waals surface area contributed by atoms with E-state index in [1.807, 2.05) is 55.9 Å². The smallest absolute Gasteiger partial charge is 0.323 e. The fourth-order valence-electron chi connectivity index (χ4n) is 3.98. The van der Waals surface area contributed by atoms with Crippen molar-refractivity contribution in [1.29, 1.82) is 0 Å². The van der Waals surface area contributed by atoms with Gasteiger partial charge >= 0.3 is 6.03 Å². The number of nitrogens with one attached hydrogen (secondary N) is 2. The number of para-hydroxylation sites is 1. The zero-order valence-corrected chi connectivity index (χ0v) is 18.5. The number of anilines is 2. The van der Waals surface area contributed by atoms with Crippen LogP contribution in [-0.4, -0.2) is 52.3 Å². The van der Waals surface area contributed by atoms with Crippen LogP contribution < -0.4 is 15.4 Å². The van der Waals surface area contributed by atoms with E-state index in [1.165, 1.54) is 0 Å². The molecule has 1 aliphatic heterocycles. The Hall–Kier alpha value is -3.52. The third-order valence-electron chi connectivity index (χ3n) is 5.75. The van der Waals surface area contributed by atoms with Crippen LogP contribution in [-0.2, 0) is 7.05 Å². The second kappa shape index (κ2) is 8.92. The number of aliphatic hydroxyl groups excluding tert-OH is 1. The Kier molecular flexibility index (Phi) is 6.05. The summed E-state index contributed by atoms with van der Waals surface area (Å²) in [6.07, 6.45) is 1.94. The quantitative estimate of drug-likeness (QED) is 0.581. The molecule has 3 N–H and O–H groups in total. The van der Waals surface area contributed by atoms with E-state index in [9.17, 15) is 14.7 Å². The number of carbonyl (C=O) groups excluding carboxylic acids is 2. The molecule has 32 heavy (non-hydrogen) atoms. The van der Waals surface area contributed by atoms with Crippen LogP contribution in [0.15, 0.2) is 48.7 Å². The topological polar surface area (TPSA) is 95.8 Å². The van der Waals surface area contributed by atoms with Crippen LogP contribution in [0.3, 0.4) is 0 Å².